The summed E-state index contributed by atoms with van der Waals surface area (Å²) in [5, 5.41) is 5.40. The molecule has 3 amide bonds. The van der Waals surface area contributed by atoms with Crippen LogP contribution in [-0.4, -0.2) is 18.0 Å². The Labute approximate surface area is 110 Å². The summed E-state index contributed by atoms with van der Waals surface area (Å²) in [4.78, 5) is 22.7. The van der Waals surface area contributed by atoms with Gasteiger partial charge in [0, 0.05) is 11.7 Å². The van der Waals surface area contributed by atoms with Crippen LogP contribution in [0.2, 0.25) is 0 Å². The van der Waals surface area contributed by atoms with Crippen molar-refractivity contribution in [3.63, 3.8) is 0 Å². The van der Waals surface area contributed by atoms with E-state index in [1.54, 1.807) is 0 Å². The lowest BCUT2D eigenvalue weighted by Crippen LogP contribution is -2.36. The van der Waals surface area contributed by atoms with Crippen molar-refractivity contribution in [2.45, 2.75) is 31.7 Å². The number of nitrogens with one attached hydrogen (secondary N) is 2. The van der Waals surface area contributed by atoms with Crippen molar-refractivity contribution in [1.82, 2.24) is 5.32 Å². The zero-order chi connectivity index (χ0) is 13.8. The van der Waals surface area contributed by atoms with E-state index in [1.165, 1.54) is 12.1 Å². The minimum Gasteiger partial charge on any atom is -0.366 e. The van der Waals surface area contributed by atoms with Crippen LogP contribution in [0.1, 0.15) is 36.0 Å². The van der Waals surface area contributed by atoms with Gasteiger partial charge >= 0.3 is 6.03 Å². The molecular weight excluding hydrogens is 249 g/mol. The second kappa shape index (κ2) is 5.69. The predicted molar refractivity (Wildman–Crippen MR) is 69.3 cm³/mol. The summed E-state index contributed by atoms with van der Waals surface area (Å²) in [6.07, 6.45) is 4.19. The quantitative estimate of drug-likeness (QED) is 0.780. The van der Waals surface area contributed by atoms with Crippen LogP contribution in [0.4, 0.5) is 14.9 Å². The molecule has 1 aromatic rings. The normalized spacial score (nSPS) is 15.2. The molecule has 1 saturated carbocycles. The molecule has 5 nitrogen and oxygen atoms in total. The van der Waals surface area contributed by atoms with Crippen molar-refractivity contribution in [2.75, 3.05) is 5.32 Å². The molecule has 0 bridgehead atoms. The third-order valence-electron chi connectivity index (χ3n) is 3.18. The first-order chi connectivity index (χ1) is 9.06. The Morgan fingerprint density at radius 3 is 2.58 bits per heavy atom. The van der Waals surface area contributed by atoms with Gasteiger partial charge in [-0.3, -0.25) is 4.79 Å². The standard InChI is InChI=1S/C13H16FN3O2/c14-11-6-5-9(7-10(11)12(15)18)17-13(19)16-8-3-1-2-4-8/h5-8H,1-4H2,(H2,15,18)(H2,16,17,19). The molecule has 6 heteroatoms. The Hall–Kier alpha value is -2.11. The highest BCUT2D eigenvalue weighted by Crippen LogP contribution is 2.18. The summed E-state index contributed by atoms with van der Waals surface area (Å²) in [6.45, 7) is 0. The molecule has 0 saturated heterocycles. The van der Waals surface area contributed by atoms with E-state index < -0.39 is 11.7 Å². The fraction of sp³-hybridized carbons (Fsp3) is 0.385. The van der Waals surface area contributed by atoms with Gasteiger partial charge in [0.25, 0.3) is 5.91 Å². The second-order valence-corrected chi connectivity index (χ2v) is 4.64. The van der Waals surface area contributed by atoms with E-state index in [-0.39, 0.29) is 17.6 Å². The minimum atomic E-state index is -0.864. The van der Waals surface area contributed by atoms with E-state index in [4.69, 9.17) is 5.73 Å². The maximum Gasteiger partial charge on any atom is 0.319 e. The van der Waals surface area contributed by atoms with Gasteiger partial charge < -0.3 is 16.4 Å². The SMILES string of the molecule is NC(=O)c1cc(NC(=O)NC2CCCC2)ccc1F. The van der Waals surface area contributed by atoms with Crippen LogP contribution in [0.3, 0.4) is 0 Å². The molecule has 0 aliphatic heterocycles. The molecule has 4 N–H and O–H groups in total. The molecule has 102 valence electrons. The molecule has 1 aliphatic carbocycles. The second-order valence-electron chi connectivity index (χ2n) is 4.64. The number of halogens is 1. The number of benzene rings is 1. The molecular formula is C13H16FN3O2. The Morgan fingerprint density at radius 2 is 1.95 bits per heavy atom. The van der Waals surface area contributed by atoms with E-state index in [0.29, 0.717) is 5.69 Å². The third-order valence-corrected chi connectivity index (χ3v) is 3.18. The van der Waals surface area contributed by atoms with Crippen LogP contribution >= 0.6 is 0 Å². The molecule has 0 unspecified atom stereocenters. The van der Waals surface area contributed by atoms with Gasteiger partial charge in [-0.1, -0.05) is 12.8 Å². The molecule has 1 fully saturated rings. The number of primary amides is 1. The molecule has 19 heavy (non-hydrogen) atoms. The van der Waals surface area contributed by atoms with Gasteiger partial charge in [-0.25, -0.2) is 9.18 Å². The molecule has 2 rings (SSSR count). The first-order valence-corrected chi connectivity index (χ1v) is 6.23. The first kappa shape index (κ1) is 13.3. The fourth-order valence-electron chi connectivity index (χ4n) is 2.21. The van der Waals surface area contributed by atoms with E-state index in [9.17, 15) is 14.0 Å². The summed E-state index contributed by atoms with van der Waals surface area (Å²) < 4.78 is 13.3. The van der Waals surface area contributed by atoms with Crippen LogP contribution in [0.25, 0.3) is 0 Å². The van der Waals surface area contributed by atoms with Gasteiger partial charge in [-0.05, 0) is 31.0 Å². The van der Waals surface area contributed by atoms with Gasteiger partial charge in [0.2, 0.25) is 0 Å². The number of urea groups is 1. The van der Waals surface area contributed by atoms with E-state index in [1.807, 2.05) is 0 Å². The zero-order valence-corrected chi connectivity index (χ0v) is 10.4. The van der Waals surface area contributed by atoms with Crippen molar-refractivity contribution in [1.29, 1.82) is 0 Å². The van der Waals surface area contributed by atoms with Crippen LogP contribution in [0.15, 0.2) is 18.2 Å². The number of carbonyl (C=O) groups is 2. The van der Waals surface area contributed by atoms with Crippen LogP contribution < -0.4 is 16.4 Å². The Morgan fingerprint density at radius 1 is 1.26 bits per heavy atom. The smallest absolute Gasteiger partial charge is 0.319 e. The van der Waals surface area contributed by atoms with Crippen molar-refractivity contribution >= 4 is 17.6 Å². The number of anilines is 1. The molecule has 0 aromatic heterocycles. The van der Waals surface area contributed by atoms with Gasteiger partial charge in [-0.15, -0.1) is 0 Å². The fourth-order valence-corrected chi connectivity index (χ4v) is 2.21. The van der Waals surface area contributed by atoms with E-state index >= 15 is 0 Å². The summed E-state index contributed by atoms with van der Waals surface area (Å²) >= 11 is 0. The number of hydrogen-bond donors (Lipinski definition) is 3. The summed E-state index contributed by atoms with van der Waals surface area (Å²) in [5.41, 5.74) is 5.14. The molecule has 0 radical (unpaired) electrons. The van der Waals surface area contributed by atoms with Crippen LogP contribution in [-0.2, 0) is 0 Å². The molecule has 0 spiro atoms. The van der Waals surface area contributed by atoms with Crippen molar-refractivity contribution in [2.24, 2.45) is 5.73 Å². The molecule has 0 heterocycles. The Kier molecular flexibility index (Phi) is 3.99. The summed E-state index contributed by atoms with van der Waals surface area (Å²) in [5.74, 6) is -1.56. The van der Waals surface area contributed by atoms with Gasteiger partial charge in [0.15, 0.2) is 0 Å². The highest BCUT2D eigenvalue weighted by molar-refractivity contribution is 5.96. The number of amides is 3. The zero-order valence-electron chi connectivity index (χ0n) is 10.4. The lowest BCUT2D eigenvalue weighted by Gasteiger charge is -2.13. The lowest BCUT2D eigenvalue weighted by atomic mass is 10.2. The largest absolute Gasteiger partial charge is 0.366 e. The molecule has 1 aromatic carbocycles. The van der Waals surface area contributed by atoms with Gasteiger partial charge in [0.05, 0.1) is 5.56 Å². The van der Waals surface area contributed by atoms with Crippen LogP contribution in [0, 0.1) is 5.82 Å². The maximum atomic E-state index is 13.3. The first-order valence-electron chi connectivity index (χ1n) is 6.23. The monoisotopic (exact) mass is 265 g/mol. The predicted octanol–water partition coefficient (Wildman–Crippen LogP) is 1.99. The summed E-state index contributed by atoms with van der Waals surface area (Å²) in [7, 11) is 0. The van der Waals surface area contributed by atoms with Crippen molar-refractivity contribution in [3.05, 3.63) is 29.6 Å². The van der Waals surface area contributed by atoms with Crippen LogP contribution in [0.5, 0.6) is 0 Å². The lowest BCUT2D eigenvalue weighted by molar-refractivity contribution is 0.0996. The number of hydrogen-bond acceptors (Lipinski definition) is 2. The average molecular weight is 265 g/mol. The summed E-state index contributed by atoms with van der Waals surface area (Å²) in [6, 6.07) is 3.55. The van der Waals surface area contributed by atoms with E-state index in [2.05, 4.69) is 10.6 Å². The number of carbonyl (C=O) groups excluding carboxylic acids is 2. The highest BCUT2D eigenvalue weighted by atomic mass is 19.1. The third kappa shape index (κ3) is 3.43. The Bertz CT molecular complexity index is 499. The topological polar surface area (TPSA) is 84.2 Å². The van der Waals surface area contributed by atoms with Crippen molar-refractivity contribution < 1.29 is 14.0 Å². The maximum absolute atomic E-state index is 13.3. The number of nitrogens with two attached hydrogens (primary N) is 1. The van der Waals surface area contributed by atoms with E-state index in [0.717, 1.165) is 31.7 Å². The van der Waals surface area contributed by atoms with Gasteiger partial charge in [-0.2, -0.15) is 0 Å². The van der Waals surface area contributed by atoms with Gasteiger partial charge in [0.1, 0.15) is 5.82 Å². The number of rotatable bonds is 3. The van der Waals surface area contributed by atoms with Crippen molar-refractivity contribution in [3.8, 4) is 0 Å². The highest BCUT2D eigenvalue weighted by Gasteiger charge is 2.17. The Balaban J connectivity index is 2.00. The minimum absolute atomic E-state index is 0.191. The average Bonchev–Trinajstić information content (AvgIpc) is 2.84. The molecule has 0 atom stereocenters. The molecule has 1 aliphatic rings.